The molecule has 0 unspecified atom stereocenters. The number of likely N-dealkylation sites (tertiary alicyclic amines) is 1. The van der Waals surface area contributed by atoms with Crippen molar-refractivity contribution in [3.63, 3.8) is 0 Å². The van der Waals surface area contributed by atoms with E-state index < -0.39 is 17.9 Å². The second-order valence-corrected chi connectivity index (χ2v) is 6.09. The van der Waals surface area contributed by atoms with Crippen LogP contribution in [0.3, 0.4) is 0 Å². The second-order valence-electron chi connectivity index (χ2n) is 6.09. The zero-order valence-electron chi connectivity index (χ0n) is 14.5. The van der Waals surface area contributed by atoms with Gasteiger partial charge in [-0.3, -0.25) is 14.4 Å². The van der Waals surface area contributed by atoms with Crippen molar-refractivity contribution in [3.05, 3.63) is 29.8 Å². The Morgan fingerprint density at radius 2 is 2.08 bits per heavy atom. The summed E-state index contributed by atoms with van der Waals surface area (Å²) in [7, 11) is 0. The largest absolute Gasteiger partial charge is 0.494 e. The van der Waals surface area contributed by atoms with Crippen molar-refractivity contribution >= 4 is 17.8 Å². The molecule has 2 N–H and O–H groups in total. The van der Waals surface area contributed by atoms with Crippen LogP contribution in [0, 0.1) is 5.92 Å². The molecule has 136 valence electrons. The fourth-order valence-corrected chi connectivity index (χ4v) is 3.03. The normalized spacial score (nSPS) is 17.8. The quantitative estimate of drug-likeness (QED) is 0.780. The van der Waals surface area contributed by atoms with E-state index in [-0.39, 0.29) is 24.8 Å². The topological polar surface area (TPSA) is 95.9 Å². The Labute approximate surface area is 147 Å². The van der Waals surface area contributed by atoms with Crippen LogP contribution in [0.4, 0.5) is 0 Å². The van der Waals surface area contributed by atoms with Crippen molar-refractivity contribution in [1.29, 1.82) is 0 Å². The lowest BCUT2D eigenvalue weighted by atomic mass is 10.0. The highest BCUT2D eigenvalue weighted by Crippen LogP contribution is 2.29. The van der Waals surface area contributed by atoms with E-state index in [1.54, 1.807) is 11.0 Å². The van der Waals surface area contributed by atoms with Crippen LogP contribution in [0.5, 0.6) is 5.75 Å². The van der Waals surface area contributed by atoms with Crippen LogP contribution in [-0.2, 0) is 14.4 Å². The van der Waals surface area contributed by atoms with Crippen molar-refractivity contribution in [3.8, 4) is 5.75 Å². The number of carbonyl (C=O) groups excluding carboxylic acids is 2. The Hall–Kier alpha value is -2.57. The van der Waals surface area contributed by atoms with E-state index in [0.29, 0.717) is 25.3 Å². The van der Waals surface area contributed by atoms with Crippen LogP contribution in [0.15, 0.2) is 24.3 Å². The predicted octanol–water partition coefficient (Wildman–Crippen LogP) is 1.59. The number of carboxylic acid groups (broad SMARTS) is 1. The zero-order valence-corrected chi connectivity index (χ0v) is 14.5. The summed E-state index contributed by atoms with van der Waals surface area (Å²) in [5.74, 6) is -1.18. The van der Waals surface area contributed by atoms with Crippen LogP contribution in [0.2, 0.25) is 0 Å². The number of carbonyl (C=O) groups is 3. The molecule has 1 aliphatic rings. The SMILES string of the molecule is CCOc1ccccc1[C@@H](CC(=O)N1CC[C@@H](C(=O)O)C1)NC(C)=O. The standard InChI is InChI=1S/C18H24N2O5/c1-3-25-16-7-5-4-6-14(16)15(19-12(2)21)10-17(22)20-9-8-13(11-20)18(23)24/h4-7,13,15H,3,8-11H2,1-2H3,(H,19,21)(H,23,24)/t13-,15-/m1/s1. The van der Waals surface area contributed by atoms with E-state index >= 15 is 0 Å². The van der Waals surface area contributed by atoms with Gasteiger partial charge < -0.3 is 20.1 Å². The Balaban J connectivity index is 2.14. The Morgan fingerprint density at radius 1 is 1.36 bits per heavy atom. The van der Waals surface area contributed by atoms with Crippen LogP contribution >= 0.6 is 0 Å². The van der Waals surface area contributed by atoms with Crippen molar-refractivity contribution in [1.82, 2.24) is 10.2 Å². The molecule has 0 aromatic heterocycles. The highest BCUT2D eigenvalue weighted by molar-refractivity contribution is 5.81. The lowest BCUT2D eigenvalue weighted by Gasteiger charge is -2.23. The third-order valence-electron chi connectivity index (χ3n) is 4.24. The van der Waals surface area contributed by atoms with Crippen molar-refractivity contribution < 1.29 is 24.2 Å². The molecule has 1 saturated heterocycles. The maximum absolute atomic E-state index is 12.6. The number of benzene rings is 1. The first-order valence-electron chi connectivity index (χ1n) is 8.41. The maximum Gasteiger partial charge on any atom is 0.308 e. The molecule has 1 aliphatic heterocycles. The molecule has 25 heavy (non-hydrogen) atoms. The van der Waals surface area contributed by atoms with Gasteiger partial charge in [0.15, 0.2) is 0 Å². The Morgan fingerprint density at radius 3 is 2.68 bits per heavy atom. The first-order valence-corrected chi connectivity index (χ1v) is 8.41. The number of hydrogen-bond donors (Lipinski definition) is 2. The summed E-state index contributed by atoms with van der Waals surface area (Å²) in [6.07, 6.45) is 0.525. The number of hydrogen-bond acceptors (Lipinski definition) is 4. The van der Waals surface area contributed by atoms with Crippen molar-refractivity contribution in [2.75, 3.05) is 19.7 Å². The molecule has 1 heterocycles. The van der Waals surface area contributed by atoms with Gasteiger partial charge in [-0.2, -0.15) is 0 Å². The van der Waals surface area contributed by atoms with Gasteiger partial charge in [0.05, 0.1) is 25.0 Å². The summed E-state index contributed by atoms with van der Waals surface area (Å²) in [5.41, 5.74) is 0.738. The van der Waals surface area contributed by atoms with Crippen LogP contribution in [-0.4, -0.2) is 47.5 Å². The minimum atomic E-state index is -0.879. The van der Waals surface area contributed by atoms with Gasteiger partial charge >= 0.3 is 5.97 Å². The fraction of sp³-hybridized carbons (Fsp3) is 0.500. The first-order chi connectivity index (χ1) is 11.9. The number of ether oxygens (including phenoxy) is 1. The number of amides is 2. The molecule has 0 saturated carbocycles. The van der Waals surface area contributed by atoms with E-state index in [1.807, 2.05) is 25.1 Å². The van der Waals surface area contributed by atoms with E-state index in [4.69, 9.17) is 9.84 Å². The molecular formula is C18H24N2O5. The fourth-order valence-electron chi connectivity index (χ4n) is 3.03. The predicted molar refractivity (Wildman–Crippen MR) is 91.1 cm³/mol. The number of nitrogens with one attached hydrogen (secondary N) is 1. The van der Waals surface area contributed by atoms with Gasteiger partial charge in [0.2, 0.25) is 11.8 Å². The maximum atomic E-state index is 12.6. The van der Waals surface area contributed by atoms with Crippen LogP contribution in [0.1, 0.15) is 38.3 Å². The lowest BCUT2D eigenvalue weighted by molar-refractivity contribution is -0.141. The molecule has 1 aromatic rings. The molecule has 1 aromatic carbocycles. The van der Waals surface area contributed by atoms with Gasteiger partial charge in [0.1, 0.15) is 5.75 Å². The minimum absolute atomic E-state index is 0.0655. The number of rotatable bonds is 7. The number of nitrogens with zero attached hydrogens (tertiary/aromatic N) is 1. The average Bonchev–Trinajstić information content (AvgIpc) is 3.05. The van der Waals surface area contributed by atoms with Crippen molar-refractivity contribution in [2.24, 2.45) is 5.92 Å². The van der Waals surface area contributed by atoms with Gasteiger partial charge in [-0.15, -0.1) is 0 Å². The molecule has 1 fully saturated rings. The monoisotopic (exact) mass is 348 g/mol. The molecule has 0 spiro atoms. The molecule has 2 atom stereocenters. The smallest absolute Gasteiger partial charge is 0.308 e. The number of para-hydroxylation sites is 1. The Bertz CT molecular complexity index is 646. The van der Waals surface area contributed by atoms with E-state index in [0.717, 1.165) is 5.56 Å². The summed E-state index contributed by atoms with van der Waals surface area (Å²) in [5, 5.41) is 11.9. The molecule has 7 heteroatoms. The summed E-state index contributed by atoms with van der Waals surface area (Å²) in [6, 6.07) is 6.76. The molecule has 2 amide bonds. The molecule has 7 nitrogen and oxygen atoms in total. The van der Waals surface area contributed by atoms with Gasteiger partial charge in [0.25, 0.3) is 0 Å². The molecule has 2 rings (SSSR count). The molecule has 0 aliphatic carbocycles. The van der Waals surface area contributed by atoms with E-state index in [9.17, 15) is 14.4 Å². The molecular weight excluding hydrogens is 324 g/mol. The van der Waals surface area contributed by atoms with Crippen molar-refractivity contribution in [2.45, 2.75) is 32.7 Å². The summed E-state index contributed by atoms with van der Waals surface area (Å²) in [4.78, 5) is 36.8. The van der Waals surface area contributed by atoms with Gasteiger partial charge in [0, 0.05) is 25.6 Å². The van der Waals surface area contributed by atoms with Crippen LogP contribution in [0.25, 0.3) is 0 Å². The van der Waals surface area contributed by atoms with Crippen LogP contribution < -0.4 is 10.1 Å². The minimum Gasteiger partial charge on any atom is -0.494 e. The lowest BCUT2D eigenvalue weighted by Crippen LogP contribution is -2.35. The van der Waals surface area contributed by atoms with Gasteiger partial charge in [-0.25, -0.2) is 0 Å². The summed E-state index contributed by atoms with van der Waals surface area (Å²) in [6.45, 7) is 4.39. The first kappa shape index (κ1) is 18.8. The number of aliphatic carboxylic acids is 1. The molecule has 0 bridgehead atoms. The van der Waals surface area contributed by atoms with E-state index in [2.05, 4.69) is 5.32 Å². The zero-order chi connectivity index (χ0) is 18.4. The average molecular weight is 348 g/mol. The van der Waals surface area contributed by atoms with E-state index in [1.165, 1.54) is 6.92 Å². The highest BCUT2D eigenvalue weighted by Gasteiger charge is 2.32. The third kappa shape index (κ3) is 4.95. The Kier molecular flexibility index (Phi) is 6.38. The van der Waals surface area contributed by atoms with Gasteiger partial charge in [-0.05, 0) is 19.4 Å². The molecule has 0 radical (unpaired) electrons. The van der Waals surface area contributed by atoms with Gasteiger partial charge in [-0.1, -0.05) is 18.2 Å². The number of carboxylic acids is 1. The highest BCUT2D eigenvalue weighted by atomic mass is 16.5. The summed E-state index contributed by atoms with van der Waals surface area (Å²) < 4.78 is 5.60. The third-order valence-corrected chi connectivity index (χ3v) is 4.24. The second kappa shape index (κ2) is 8.50. The summed E-state index contributed by atoms with van der Waals surface area (Å²) >= 11 is 0.